The predicted molar refractivity (Wildman–Crippen MR) is 136 cm³/mol. The van der Waals surface area contributed by atoms with E-state index >= 15 is 0 Å². The lowest BCUT2D eigenvalue weighted by Crippen LogP contribution is -2.26. The summed E-state index contributed by atoms with van der Waals surface area (Å²) in [6, 6.07) is 8.09. The average Bonchev–Trinajstić information content (AvgIpc) is 3.52. The van der Waals surface area contributed by atoms with Gasteiger partial charge in [0, 0.05) is 24.3 Å². The smallest absolute Gasteiger partial charge is 0.459 e. The first kappa shape index (κ1) is 42.0. The van der Waals surface area contributed by atoms with Crippen LogP contribution >= 0.6 is 0 Å². The second-order valence-electron chi connectivity index (χ2n) is 8.70. The van der Waals surface area contributed by atoms with Gasteiger partial charge in [-0.15, -0.1) is 0 Å². The third-order valence-electron chi connectivity index (χ3n) is 5.12. The minimum atomic E-state index is -5.25. The Morgan fingerprint density at radius 1 is 0.674 bits per heavy atom. The molecule has 1 aliphatic rings. The van der Waals surface area contributed by atoms with Gasteiger partial charge in [-0.2, -0.15) is 52.7 Å². The van der Waals surface area contributed by atoms with E-state index in [4.69, 9.17) is 4.74 Å². The summed E-state index contributed by atoms with van der Waals surface area (Å²) in [5, 5.41) is 0. The Labute approximate surface area is 253 Å². The van der Waals surface area contributed by atoms with Crippen LogP contribution in [0.15, 0.2) is 48.5 Å². The number of hydrogen-bond donors (Lipinski definition) is 0. The first-order chi connectivity index (χ1) is 20.9. The number of alkyl halides is 12. The molecule has 18 heteroatoms. The molecule has 0 bridgehead atoms. The van der Waals surface area contributed by atoms with Crippen LogP contribution in [0.5, 0.6) is 0 Å². The molecule has 2 aromatic rings. The van der Waals surface area contributed by atoms with E-state index in [2.05, 4.69) is 4.74 Å². The molecule has 258 valence electrons. The van der Waals surface area contributed by atoms with Crippen molar-refractivity contribution in [1.29, 1.82) is 0 Å². The number of rotatable bonds is 5. The fourth-order valence-corrected chi connectivity index (χ4v) is 3.08. The average molecular weight is 686 g/mol. The number of Topliss-reactive ketones (excluding diaryl/α,β-unsaturated/α-hetero) is 3. The Morgan fingerprint density at radius 2 is 1.09 bits per heavy atom. The molecule has 0 atom stereocenters. The highest BCUT2D eigenvalue weighted by Gasteiger charge is 2.42. The lowest BCUT2D eigenvalue weighted by molar-refractivity contribution is -0.199. The van der Waals surface area contributed by atoms with Crippen molar-refractivity contribution >= 4 is 23.3 Å². The number of esters is 1. The molecule has 0 aliphatic carbocycles. The van der Waals surface area contributed by atoms with Gasteiger partial charge in [0.1, 0.15) is 0 Å². The summed E-state index contributed by atoms with van der Waals surface area (Å²) in [4.78, 5) is 42.5. The Kier molecular flexibility index (Phi) is 16.7. The fraction of sp³-hybridized carbons (Fsp3) is 0.429. The molecule has 0 saturated carbocycles. The van der Waals surface area contributed by atoms with E-state index in [9.17, 15) is 71.9 Å². The number of hydrogen-bond acceptors (Lipinski definition) is 6. The molecule has 0 aromatic heterocycles. The quantitative estimate of drug-likeness (QED) is 0.136. The molecule has 46 heavy (non-hydrogen) atoms. The maximum Gasteiger partial charge on any atom is 0.490 e. The summed E-state index contributed by atoms with van der Waals surface area (Å²) in [7, 11) is 0. The summed E-state index contributed by atoms with van der Waals surface area (Å²) in [6.45, 7) is 4.17. The van der Waals surface area contributed by atoms with Crippen LogP contribution in [-0.4, -0.2) is 55.5 Å². The lowest BCUT2D eigenvalue weighted by atomic mass is 10.00. The van der Waals surface area contributed by atoms with Crippen molar-refractivity contribution in [2.75, 3.05) is 19.8 Å². The predicted octanol–water partition coefficient (Wildman–Crippen LogP) is 8.23. The number of ether oxygens (including phenoxy) is 2. The van der Waals surface area contributed by atoms with Crippen LogP contribution in [0.3, 0.4) is 0 Å². The van der Waals surface area contributed by atoms with Gasteiger partial charge in [-0.1, -0.05) is 36.4 Å². The molecule has 1 aliphatic heterocycles. The van der Waals surface area contributed by atoms with Crippen LogP contribution < -0.4 is 0 Å². The zero-order valence-corrected chi connectivity index (χ0v) is 23.8. The maximum absolute atomic E-state index is 12.5. The van der Waals surface area contributed by atoms with Gasteiger partial charge < -0.3 is 9.47 Å². The van der Waals surface area contributed by atoms with Gasteiger partial charge >= 0.3 is 30.7 Å². The Morgan fingerprint density at radius 3 is 1.37 bits per heavy atom. The van der Waals surface area contributed by atoms with Gasteiger partial charge in [0.15, 0.2) is 11.6 Å². The number of halogens is 12. The van der Waals surface area contributed by atoms with E-state index in [1.54, 1.807) is 0 Å². The molecule has 0 amide bonds. The van der Waals surface area contributed by atoms with Crippen molar-refractivity contribution in [1.82, 2.24) is 0 Å². The highest BCUT2D eigenvalue weighted by Crippen LogP contribution is 2.33. The molecule has 0 radical (unpaired) electrons. The molecule has 0 N–H and O–H groups in total. The largest absolute Gasteiger partial charge is 0.490 e. The topological polar surface area (TPSA) is 86.7 Å². The first-order valence-corrected chi connectivity index (χ1v) is 12.7. The van der Waals surface area contributed by atoms with Gasteiger partial charge in [0.05, 0.1) is 24.2 Å². The van der Waals surface area contributed by atoms with Crippen molar-refractivity contribution in [2.24, 2.45) is 0 Å². The minimum absolute atomic E-state index is 0.252. The molecular weight excluding hydrogens is 660 g/mol. The maximum atomic E-state index is 12.5. The van der Waals surface area contributed by atoms with E-state index in [1.165, 1.54) is 38.0 Å². The minimum Gasteiger partial charge on any atom is -0.459 e. The summed E-state index contributed by atoms with van der Waals surface area (Å²) in [5.41, 5.74) is -3.47. The van der Waals surface area contributed by atoms with E-state index in [1.807, 2.05) is 0 Å². The second kappa shape index (κ2) is 18.3. The molecule has 0 spiro atoms. The zero-order valence-electron chi connectivity index (χ0n) is 23.8. The van der Waals surface area contributed by atoms with E-state index in [0.717, 1.165) is 44.4 Å². The summed E-state index contributed by atoms with van der Waals surface area (Å²) < 4.78 is 152. The van der Waals surface area contributed by atoms with E-state index < -0.39 is 71.1 Å². The van der Waals surface area contributed by atoms with Gasteiger partial charge in [-0.05, 0) is 38.8 Å². The summed E-state index contributed by atoms with van der Waals surface area (Å²) in [6.07, 6.45) is -18.5. The van der Waals surface area contributed by atoms with E-state index in [-0.39, 0.29) is 12.2 Å². The van der Waals surface area contributed by atoms with Crippen molar-refractivity contribution in [3.63, 3.8) is 0 Å². The molecular formula is C28H26F12O6. The highest BCUT2D eigenvalue weighted by atomic mass is 19.4. The van der Waals surface area contributed by atoms with Crippen LogP contribution in [0.4, 0.5) is 52.7 Å². The van der Waals surface area contributed by atoms with Crippen LogP contribution in [0, 0.1) is 0 Å². The van der Waals surface area contributed by atoms with Crippen molar-refractivity contribution in [2.45, 2.75) is 57.8 Å². The van der Waals surface area contributed by atoms with Crippen molar-refractivity contribution in [3.8, 4) is 0 Å². The lowest BCUT2D eigenvalue weighted by Gasteiger charge is -2.11. The van der Waals surface area contributed by atoms with Crippen LogP contribution in [0.1, 0.15) is 65.0 Å². The Hall–Kier alpha value is -3.96. The third-order valence-corrected chi connectivity index (χ3v) is 5.12. The normalized spacial score (nSPS) is 13.1. The van der Waals surface area contributed by atoms with Gasteiger partial charge in [-0.3, -0.25) is 14.4 Å². The monoisotopic (exact) mass is 686 g/mol. The Bertz CT molecular complexity index is 1280. The molecule has 6 nitrogen and oxygen atoms in total. The third kappa shape index (κ3) is 15.9. The number of benzene rings is 2. The molecule has 1 saturated heterocycles. The highest BCUT2D eigenvalue weighted by molar-refractivity contribution is 6.10. The summed E-state index contributed by atoms with van der Waals surface area (Å²) >= 11 is 0. The molecule has 1 fully saturated rings. The van der Waals surface area contributed by atoms with Crippen LogP contribution in [0.2, 0.25) is 0 Å². The van der Waals surface area contributed by atoms with E-state index in [0.29, 0.717) is 6.07 Å². The van der Waals surface area contributed by atoms with Gasteiger partial charge in [-0.25, -0.2) is 4.79 Å². The van der Waals surface area contributed by atoms with Crippen molar-refractivity contribution in [3.05, 3.63) is 70.8 Å². The van der Waals surface area contributed by atoms with Gasteiger partial charge in [0.2, 0.25) is 5.78 Å². The molecule has 1 heterocycles. The Balaban J connectivity index is 0.000000646. The summed E-state index contributed by atoms with van der Waals surface area (Å²) in [5.74, 6) is -6.61. The molecule has 3 rings (SSSR count). The molecule has 2 aromatic carbocycles. The number of carbonyl (C=O) groups is 4. The first-order valence-electron chi connectivity index (χ1n) is 12.7. The number of ketones is 3. The standard InChI is InChI=1S/C11H6F6O2.C9H7F3O.C4H5F3O2.C4H8O/c12-10(13,14)7-4-2-1-3-6(7)8(18)5-9(19)11(15,16)17;1-6(13)7-4-2-3-5-8(7)9(10,11)12;1-2-9-3(8)4(5,6)7;1-2-4-5-3-1/h1-4H,5H2;2-5H,1H3;2H2,1H3;1-4H2. The van der Waals surface area contributed by atoms with Crippen molar-refractivity contribution < 1.29 is 81.3 Å². The van der Waals surface area contributed by atoms with Gasteiger partial charge in [0.25, 0.3) is 0 Å². The molecule has 0 unspecified atom stereocenters. The SMILES string of the molecule is C1CCOC1.CC(=O)c1ccccc1C(F)(F)F.CCOC(=O)C(F)(F)F.O=C(CC(=O)C(F)(F)F)c1ccccc1C(F)(F)F. The van der Waals surface area contributed by atoms with Crippen LogP contribution in [-0.2, 0) is 31.4 Å². The van der Waals surface area contributed by atoms with Crippen LogP contribution in [0.25, 0.3) is 0 Å². The fourth-order valence-electron chi connectivity index (χ4n) is 3.08. The zero-order chi connectivity index (χ0) is 35.9. The number of carbonyl (C=O) groups excluding carboxylic acids is 4. The second-order valence-corrected chi connectivity index (χ2v) is 8.70.